The Morgan fingerprint density at radius 2 is 1.81 bits per heavy atom. The van der Waals surface area contributed by atoms with Crippen LogP contribution < -0.4 is 4.90 Å². The van der Waals surface area contributed by atoms with Gasteiger partial charge in [0.1, 0.15) is 0 Å². The monoisotopic (exact) mass is 448 g/mol. The summed E-state index contributed by atoms with van der Waals surface area (Å²) in [5.41, 5.74) is 2.32. The van der Waals surface area contributed by atoms with Gasteiger partial charge in [0.2, 0.25) is 5.95 Å². The zero-order valence-corrected chi connectivity index (χ0v) is 18.7. The largest absolute Gasteiger partial charge is 0.462 e. The highest BCUT2D eigenvalue weighted by molar-refractivity contribution is 7.13. The highest BCUT2D eigenvalue weighted by Crippen LogP contribution is 2.41. The number of amides is 1. The van der Waals surface area contributed by atoms with Crippen molar-refractivity contribution in [3.63, 3.8) is 0 Å². The van der Waals surface area contributed by atoms with Crippen LogP contribution in [0.5, 0.6) is 0 Å². The average molecular weight is 449 g/mol. The van der Waals surface area contributed by atoms with Crippen molar-refractivity contribution in [2.75, 3.05) is 37.7 Å². The quantitative estimate of drug-likeness (QED) is 0.554. The number of ether oxygens (including phenoxy) is 1. The van der Waals surface area contributed by atoms with Gasteiger partial charge in [0, 0.05) is 54.4 Å². The average Bonchev–Trinajstić information content (AvgIpc) is 3.49. The Bertz CT molecular complexity index is 1110. The number of hydrogen-bond acceptors (Lipinski definition) is 7. The second kappa shape index (κ2) is 8.35. The van der Waals surface area contributed by atoms with E-state index in [1.807, 2.05) is 35.2 Å². The first-order valence-corrected chi connectivity index (χ1v) is 11.6. The van der Waals surface area contributed by atoms with Crippen LogP contribution >= 0.6 is 11.3 Å². The van der Waals surface area contributed by atoms with Crippen LogP contribution in [0.25, 0.3) is 10.4 Å². The van der Waals surface area contributed by atoms with Gasteiger partial charge < -0.3 is 14.5 Å². The lowest BCUT2D eigenvalue weighted by Crippen LogP contribution is -2.58. The molecule has 0 bridgehead atoms. The third kappa shape index (κ3) is 3.86. The zero-order chi connectivity index (χ0) is 22.1. The molecule has 3 aromatic rings. The molecule has 0 unspecified atom stereocenters. The second-order valence-electron chi connectivity index (χ2n) is 8.38. The minimum absolute atomic E-state index is 0.0908. The van der Waals surface area contributed by atoms with E-state index in [4.69, 9.17) is 4.74 Å². The number of nitrogens with zero attached hydrogens (tertiary/aromatic N) is 4. The van der Waals surface area contributed by atoms with Gasteiger partial charge in [0.15, 0.2) is 0 Å². The van der Waals surface area contributed by atoms with E-state index < -0.39 is 5.97 Å². The van der Waals surface area contributed by atoms with Gasteiger partial charge in [0.25, 0.3) is 5.91 Å². The van der Waals surface area contributed by atoms with Crippen LogP contribution in [0.15, 0.2) is 54.2 Å². The number of anilines is 1. The fourth-order valence-corrected chi connectivity index (χ4v) is 5.21. The molecule has 8 heteroatoms. The van der Waals surface area contributed by atoms with Gasteiger partial charge in [-0.3, -0.25) is 4.79 Å². The fraction of sp³-hybridized carbons (Fsp3) is 0.333. The Morgan fingerprint density at radius 3 is 2.47 bits per heavy atom. The van der Waals surface area contributed by atoms with Crippen LogP contribution in [0.1, 0.15) is 34.1 Å². The summed E-state index contributed by atoms with van der Waals surface area (Å²) in [6.07, 6.45) is 3.99. The molecule has 0 aliphatic carbocycles. The number of likely N-dealkylation sites (tertiary alicyclic amines) is 1. The van der Waals surface area contributed by atoms with Gasteiger partial charge >= 0.3 is 5.97 Å². The van der Waals surface area contributed by atoms with E-state index in [1.54, 1.807) is 18.3 Å². The summed E-state index contributed by atoms with van der Waals surface area (Å²) in [4.78, 5) is 38.7. The van der Waals surface area contributed by atoms with Crippen molar-refractivity contribution >= 4 is 29.2 Å². The first-order chi connectivity index (χ1) is 15.6. The van der Waals surface area contributed by atoms with Gasteiger partial charge in [-0.25, -0.2) is 14.8 Å². The van der Waals surface area contributed by atoms with Crippen molar-refractivity contribution in [2.24, 2.45) is 5.41 Å². The Balaban J connectivity index is 1.18. The summed E-state index contributed by atoms with van der Waals surface area (Å²) < 4.78 is 4.97. The van der Waals surface area contributed by atoms with Crippen LogP contribution in [0.4, 0.5) is 5.95 Å². The van der Waals surface area contributed by atoms with Gasteiger partial charge in [0.05, 0.1) is 12.2 Å². The smallest absolute Gasteiger partial charge is 0.341 e. The third-order valence-corrected chi connectivity index (χ3v) is 7.07. The van der Waals surface area contributed by atoms with E-state index in [-0.39, 0.29) is 11.3 Å². The van der Waals surface area contributed by atoms with Crippen LogP contribution in [0.3, 0.4) is 0 Å². The van der Waals surface area contributed by atoms with Crippen molar-refractivity contribution in [1.82, 2.24) is 14.9 Å². The molecular formula is C24H24N4O3S. The predicted octanol–water partition coefficient (Wildman–Crippen LogP) is 3.73. The number of aromatic nitrogens is 2. The highest BCUT2D eigenvalue weighted by atomic mass is 32.1. The van der Waals surface area contributed by atoms with Gasteiger partial charge in [-0.2, -0.15) is 0 Å². The Labute approximate surface area is 190 Å². The number of carbonyl (C=O) groups excluding carboxylic acids is 2. The summed E-state index contributed by atoms with van der Waals surface area (Å²) >= 11 is 1.70. The molecule has 0 atom stereocenters. The van der Waals surface area contributed by atoms with Crippen LogP contribution in [0.2, 0.25) is 0 Å². The maximum absolute atomic E-state index is 13.0. The zero-order valence-electron chi connectivity index (χ0n) is 17.9. The van der Waals surface area contributed by atoms with E-state index in [1.165, 1.54) is 17.3 Å². The minimum atomic E-state index is -0.410. The maximum atomic E-state index is 13.0. The number of benzene rings is 1. The maximum Gasteiger partial charge on any atom is 0.341 e. The van der Waals surface area contributed by atoms with Crippen molar-refractivity contribution in [1.29, 1.82) is 0 Å². The number of carbonyl (C=O) groups is 2. The Kier molecular flexibility index (Phi) is 5.38. The van der Waals surface area contributed by atoms with E-state index in [2.05, 4.69) is 26.3 Å². The molecule has 4 heterocycles. The summed E-state index contributed by atoms with van der Waals surface area (Å²) in [5, 5.41) is 2.06. The molecule has 2 aliphatic heterocycles. The molecule has 7 nitrogen and oxygen atoms in total. The van der Waals surface area contributed by atoms with Crippen molar-refractivity contribution in [3.05, 3.63) is 65.3 Å². The summed E-state index contributed by atoms with van der Waals surface area (Å²) in [5.74, 6) is 0.290. The third-order valence-electron chi connectivity index (χ3n) is 6.15. The normalized spacial score (nSPS) is 16.8. The first kappa shape index (κ1) is 20.6. The van der Waals surface area contributed by atoms with Crippen molar-refractivity contribution in [3.8, 4) is 10.4 Å². The lowest BCUT2D eigenvalue weighted by atomic mass is 9.79. The van der Waals surface area contributed by atoms with E-state index in [9.17, 15) is 9.59 Å². The fourth-order valence-electron chi connectivity index (χ4n) is 4.48. The van der Waals surface area contributed by atoms with Crippen LogP contribution in [-0.4, -0.2) is 59.5 Å². The number of rotatable bonds is 5. The van der Waals surface area contributed by atoms with E-state index >= 15 is 0 Å². The Morgan fingerprint density at radius 1 is 1.06 bits per heavy atom. The van der Waals surface area contributed by atoms with Crippen LogP contribution in [0, 0.1) is 5.41 Å². The predicted molar refractivity (Wildman–Crippen MR) is 123 cm³/mol. The molecule has 2 saturated heterocycles. The van der Waals surface area contributed by atoms with E-state index in [0.717, 1.165) is 43.7 Å². The molecule has 1 aromatic carbocycles. The molecule has 2 aliphatic rings. The Hall–Kier alpha value is -3.26. The molecule has 164 valence electrons. The molecule has 2 fully saturated rings. The van der Waals surface area contributed by atoms with Gasteiger partial charge in [-0.1, -0.05) is 18.2 Å². The van der Waals surface area contributed by atoms with E-state index in [0.29, 0.717) is 18.1 Å². The SMILES string of the molecule is CCOC(=O)c1cnc(N2CC3(CCN(C(=O)c4ccc(-c5cccs5)cc4)C3)C2)nc1. The second-order valence-corrected chi connectivity index (χ2v) is 9.33. The molecule has 1 spiro atoms. The summed E-state index contributed by atoms with van der Waals surface area (Å²) in [7, 11) is 0. The minimum Gasteiger partial charge on any atom is -0.462 e. The highest BCUT2D eigenvalue weighted by Gasteiger charge is 2.49. The molecule has 2 aromatic heterocycles. The lowest BCUT2D eigenvalue weighted by Gasteiger charge is -2.47. The number of thiophene rings is 1. The number of esters is 1. The topological polar surface area (TPSA) is 75.6 Å². The molecule has 32 heavy (non-hydrogen) atoms. The summed E-state index contributed by atoms with van der Waals surface area (Å²) in [6, 6.07) is 12.0. The molecular weight excluding hydrogens is 424 g/mol. The standard InChI is InChI=1S/C24H24N4O3S/c1-2-31-22(30)19-12-25-23(26-13-19)28-15-24(16-28)9-10-27(14-24)21(29)18-7-5-17(6-8-18)20-4-3-11-32-20/h3-8,11-13H,2,9-10,14-16H2,1H3. The molecule has 5 rings (SSSR count). The molecule has 0 N–H and O–H groups in total. The number of hydrogen-bond donors (Lipinski definition) is 0. The van der Waals surface area contributed by atoms with Crippen molar-refractivity contribution < 1.29 is 14.3 Å². The van der Waals surface area contributed by atoms with Gasteiger partial charge in [-0.05, 0) is 42.5 Å². The molecule has 0 radical (unpaired) electrons. The van der Waals surface area contributed by atoms with Gasteiger partial charge in [-0.15, -0.1) is 11.3 Å². The summed E-state index contributed by atoms with van der Waals surface area (Å²) in [6.45, 7) is 5.23. The lowest BCUT2D eigenvalue weighted by molar-refractivity contribution is 0.0525. The molecule has 0 saturated carbocycles. The van der Waals surface area contributed by atoms with Crippen molar-refractivity contribution in [2.45, 2.75) is 13.3 Å². The first-order valence-electron chi connectivity index (χ1n) is 10.7. The molecule has 1 amide bonds. The van der Waals surface area contributed by atoms with Crippen LogP contribution in [-0.2, 0) is 4.74 Å².